The van der Waals surface area contributed by atoms with Crippen LogP contribution in [0.3, 0.4) is 0 Å². The van der Waals surface area contributed by atoms with Gasteiger partial charge in [-0.1, -0.05) is 6.42 Å². The lowest BCUT2D eigenvalue weighted by atomic mass is 9.81. The number of hydrogen-bond acceptors (Lipinski definition) is 3. The highest BCUT2D eigenvalue weighted by atomic mass is 16.5. The van der Waals surface area contributed by atoms with E-state index in [9.17, 15) is 4.79 Å². The fourth-order valence-electron chi connectivity index (χ4n) is 3.08. The maximum absolute atomic E-state index is 11.1. The largest absolute Gasteiger partial charge is 0.493 e. The van der Waals surface area contributed by atoms with Gasteiger partial charge in [0, 0.05) is 17.0 Å². The van der Waals surface area contributed by atoms with E-state index >= 15 is 0 Å². The number of ether oxygens (including phenoxy) is 2. The van der Waals surface area contributed by atoms with Crippen LogP contribution in [0.15, 0.2) is 12.1 Å². The summed E-state index contributed by atoms with van der Waals surface area (Å²) in [6.07, 6.45) is 5.81. The van der Waals surface area contributed by atoms with E-state index in [0.717, 1.165) is 41.8 Å². The molecule has 1 heterocycles. The standard InChI is InChI=1S/C14H16O3/c1-16-12-7-6-9(8-15)13-10-4-2-3-5-11(10)17-14(12)13/h6-8,10-11H,2-5H2,1H3. The Morgan fingerprint density at radius 1 is 1.35 bits per heavy atom. The van der Waals surface area contributed by atoms with Gasteiger partial charge in [0.05, 0.1) is 7.11 Å². The molecule has 0 aromatic heterocycles. The number of methoxy groups -OCH3 is 1. The third-order valence-electron chi connectivity index (χ3n) is 3.88. The zero-order valence-electron chi connectivity index (χ0n) is 9.94. The van der Waals surface area contributed by atoms with E-state index in [-0.39, 0.29) is 6.10 Å². The van der Waals surface area contributed by atoms with E-state index in [0.29, 0.717) is 5.92 Å². The molecule has 1 fully saturated rings. The van der Waals surface area contributed by atoms with Crippen molar-refractivity contribution in [3.05, 3.63) is 23.3 Å². The first-order valence-corrected chi connectivity index (χ1v) is 6.18. The van der Waals surface area contributed by atoms with Crippen LogP contribution in [-0.4, -0.2) is 19.5 Å². The average Bonchev–Trinajstić information content (AvgIpc) is 2.77. The quantitative estimate of drug-likeness (QED) is 0.735. The molecular formula is C14H16O3. The number of hydrogen-bond donors (Lipinski definition) is 0. The molecule has 17 heavy (non-hydrogen) atoms. The first kappa shape index (κ1) is 10.6. The van der Waals surface area contributed by atoms with E-state index in [2.05, 4.69) is 0 Å². The van der Waals surface area contributed by atoms with Gasteiger partial charge in [-0.15, -0.1) is 0 Å². The molecule has 90 valence electrons. The molecule has 2 aliphatic rings. The molecule has 1 aliphatic carbocycles. The van der Waals surface area contributed by atoms with E-state index in [1.54, 1.807) is 7.11 Å². The molecule has 0 bridgehead atoms. The van der Waals surface area contributed by atoms with E-state index in [4.69, 9.17) is 9.47 Å². The molecule has 1 aromatic rings. The van der Waals surface area contributed by atoms with Crippen LogP contribution in [0.5, 0.6) is 11.5 Å². The summed E-state index contributed by atoms with van der Waals surface area (Å²) in [6.45, 7) is 0. The Hall–Kier alpha value is -1.51. The molecule has 0 spiro atoms. The summed E-state index contributed by atoms with van der Waals surface area (Å²) in [7, 11) is 1.64. The van der Waals surface area contributed by atoms with Gasteiger partial charge in [0.25, 0.3) is 0 Å². The molecule has 0 N–H and O–H groups in total. The summed E-state index contributed by atoms with van der Waals surface area (Å²) in [5.74, 6) is 1.93. The van der Waals surface area contributed by atoms with Gasteiger partial charge >= 0.3 is 0 Å². The summed E-state index contributed by atoms with van der Waals surface area (Å²) in [5.41, 5.74) is 1.83. The number of fused-ring (bicyclic) bond motifs is 3. The van der Waals surface area contributed by atoms with Crippen LogP contribution < -0.4 is 9.47 Å². The monoisotopic (exact) mass is 232 g/mol. The zero-order valence-corrected chi connectivity index (χ0v) is 9.94. The lowest BCUT2D eigenvalue weighted by molar-refractivity contribution is 0.112. The van der Waals surface area contributed by atoms with Crippen molar-refractivity contribution in [1.29, 1.82) is 0 Å². The van der Waals surface area contributed by atoms with Crippen molar-refractivity contribution >= 4 is 6.29 Å². The maximum Gasteiger partial charge on any atom is 0.165 e. The minimum atomic E-state index is 0.244. The number of carbonyl (C=O) groups excluding carboxylic acids is 1. The highest BCUT2D eigenvalue weighted by Gasteiger charge is 2.39. The number of carbonyl (C=O) groups is 1. The lowest BCUT2D eigenvalue weighted by Gasteiger charge is -2.24. The molecule has 1 saturated carbocycles. The fourth-order valence-corrected chi connectivity index (χ4v) is 3.08. The SMILES string of the molecule is COc1ccc(C=O)c2c1OC1CCCCC21. The zero-order chi connectivity index (χ0) is 11.8. The Morgan fingerprint density at radius 2 is 2.18 bits per heavy atom. The highest BCUT2D eigenvalue weighted by Crippen LogP contribution is 2.50. The molecule has 1 aromatic carbocycles. The second-order valence-electron chi connectivity index (χ2n) is 4.76. The van der Waals surface area contributed by atoms with Gasteiger partial charge in [-0.25, -0.2) is 0 Å². The van der Waals surface area contributed by atoms with Crippen LogP contribution in [0.1, 0.15) is 47.5 Å². The fraction of sp³-hybridized carbons (Fsp3) is 0.500. The Bertz CT molecular complexity index is 453. The number of benzene rings is 1. The van der Waals surface area contributed by atoms with Crippen molar-refractivity contribution in [3.63, 3.8) is 0 Å². The molecule has 0 radical (unpaired) electrons. The van der Waals surface area contributed by atoms with E-state index < -0.39 is 0 Å². The predicted molar refractivity (Wildman–Crippen MR) is 64.0 cm³/mol. The van der Waals surface area contributed by atoms with Crippen LogP contribution in [0.4, 0.5) is 0 Å². The Morgan fingerprint density at radius 3 is 2.94 bits per heavy atom. The van der Waals surface area contributed by atoms with Gasteiger partial charge in [0.15, 0.2) is 11.5 Å². The molecule has 2 atom stereocenters. The van der Waals surface area contributed by atoms with Crippen molar-refractivity contribution < 1.29 is 14.3 Å². The van der Waals surface area contributed by atoms with Crippen molar-refractivity contribution in [2.45, 2.75) is 37.7 Å². The van der Waals surface area contributed by atoms with Gasteiger partial charge < -0.3 is 9.47 Å². The molecule has 0 amide bonds. The van der Waals surface area contributed by atoms with E-state index in [1.807, 2.05) is 12.1 Å². The predicted octanol–water partition coefficient (Wildman–Crippen LogP) is 2.93. The summed E-state index contributed by atoms with van der Waals surface area (Å²) in [6, 6.07) is 3.66. The molecule has 3 heteroatoms. The molecule has 0 saturated heterocycles. The van der Waals surface area contributed by atoms with Crippen LogP contribution >= 0.6 is 0 Å². The summed E-state index contributed by atoms with van der Waals surface area (Å²) in [4.78, 5) is 11.1. The normalized spacial score (nSPS) is 25.7. The van der Waals surface area contributed by atoms with Crippen LogP contribution in [0, 0.1) is 0 Å². The van der Waals surface area contributed by atoms with Crippen LogP contribution in [-0.2, 0) is 0 Å². The maximum atomic E-state index is 11.1. The summed E-state index contributed by atoms with van der Waals surface area (Å²) >= 11 is 0. The third kappa shape index (κ3) is 1.53. The second-order valence-corrected chi connectivity index (χ2v) is 4.76. The third-order valence-corrected chi connectivity index (χ3v) is 3.88. The minimum Gasteiger partial charge on any atom is -0.493 e. The van der Waals surface area contributed by atoms with Crippen molar-refractivity contribution in [1.82, 2.24) is 0 Å². The Kier molecular flexibility index (Phi) is 2.54. The topological polar surface area (TPSA) is 35.5 Å². The van der Waals surface area contributed by atoms with Crippen molar-refractivity contribution in [3.8, 4) is 11.5 Å². The highest BCUT2D eigenvalue weighted by molar-refractivity contribution is 5.81. The smallest absolute Gasteiger partial charge is 0.165 e. The number of aldehydes is 1. The second kappa shape index (κ2) is 4.06. The van der Waals surface area contributed by atoms with Crippen molar-refractivity contribution in [2.24, 2.45) is 0 Å². The first-order valence-electron chi connectivity index (χ1n) is 6.18. The summed E-state index contributed by atoms with van der Waals surface area (Å²) in [5, 5.41) is 0. The van der Waals surface area contributed by atoms with E-state index in [1.165, 1.54) is 12.8 Å². The van der Waals surface area contributed by atoms with Crippen LogP contribution in [0.25, 0.3) is 0 Å². The van der Waals surface area contributed by atoms with Crippen molar-refractivity contribution in [2.75, 3.05) is 7.11 Å². The van der Waals surface area contributed by atoms with Gasteiger partial charge in [0.1, 0.15) is 12.4 Å². The van der Waals surface area contributed by atoms with Crippen LogP contribution in [0.2, 0.25) is 0 Å². The molecule has 2 unspecified atom stereocenters. The summed E-state index contributed by atoms with van der Waals surface area (Å²) < 4.78 is 11.3. The molecular weight excluding hydrogens is 216 g/mol. The van der Waals surface area contributed by atoms with Gasteiger partial charge in [-0.05, 0) is 31.4 Å². The average molecular weight is 232 g/mol. The van der Waals surface area contributed by atoms with Gasteiger partial charge in [-0.2, -0.15) is 0 Å². The Balaban J connectivity index is 2.12. The number of rotatable bonds is 2. The molecule has 1 aliphatic heterocycles. The van der Waals surface area contributed by atoms with Gasteiger partial charge in [0.2, 0.25) is 0 Å². The molecule has 3 nitrogen and oxygen atoms in total. The lowest BCUT2D eigenvalue weighted by Crippen LogP contribution is -2.22. The molecule has 3 rings (SSSR count). The van der Waals surface area contributed by atoms with Gasteiger partial charge in [-0.3, -0.25) is 4.79 Å². The Labute approximate surface area is 101 Å². The minimum absolute atomic E-state index is 0.244. The first-order chi connectivity index (χ1) is 8.35.